The molecule has 0 aliphatic carbocycles. The van der Waals surface area contributed by atoms with E-state index in [1.54, 1.807) is 13.7 Å². The normalized spacial score (nSPS) is 11.5. The second-order valence-corrected chi connectivity index (χ2v) is 35.5. The number of hydrogen-bond acceptors (Lipinski definition) is 18. The second-order valence-electron chi connectivity index (χ2n) is 35.1. The summed E-state index contributed by atoms with van der Waals surface area (Å²) in [6, 6.07) is 150. The molecule has 0 bridgehead atoms. The summed E-state index contributed by atoms with van der Waals surface area (Å²) in [7, 11) is 0. The van der Waals surface area contributed by atoms with Crippen LogP contribution in [0.2, 0.25) is 0 Å². The molecule has 0 atom stereocenters. The molecule has 12 aromatic heterocycles. The topological polar surface area (TPSA) is 269 Å². The van der Waals surface area contributed by atoms with Crippen molar-refractivity contribution in [1.29, 1.82) is 0 Å². The van der Waals surface area contributed by atoms with Crippen LogP contribution in [0.4, 0.5) is 0 Å². The van der Waals surface area contributed by atoms with Crippen LogP contribution < -0.4 is 16.7 Å². The first-order chi connectivity index (χ1) is 73.1. The van der Waals surface area contributed by atoms with Crippen LogP contribution in [0, 0.1) is 4.64 Å². The molecule has 12 heterocycles. The van der Waals surface area contributed by atoms with Crippen molar-refractivity contribution in [3.05, 3.63) is 497 Å². The lowest BCUT2D eigenvalue weighted by Gasteiger charge is -2.14. The van der Waals surface area contributed by atoms with Crippen LogP contribution in [0.3, 0.4) is 0 Å². The van der Waals surface area contributed by atoms with Crippen LogP contribution in [-0.2, 0) is 0 Å². The Kier molecular flexibility index (Phi) is 22.0. The summed E-state index contributed by atoms with van der Waals surface area (Å²) in [5, 5.41) is 0.933. The fraction of sp³-hybridized carbons (Fsp3) is 0. The lowest BCUT2D eigenvalue weighted by Crippen LogP contribution is -2.24. The second kappa shape index (κ2) is 37.1. The summed E-state index contributed by atoms with van der Waals surface area (Å²) < 4.78 is 15.3. The summed E-state index contributed by atoms with van der Waals surface area (Å²) in [6.45, 7) is 0. The molecule has 0 amide bonds. The van der Waals surface area contributed by atoms with Gasteiger partial charge in [-0.15, -0.1) is 0 Å². The Bertz CT molecular complexity index is 10100. The third kappa shape index (κ3) is 15.6. The quantitative estimate of drug-likeness (QED) is 0.103. The zero-order valence-electron chi connectivity index (χ0n) is 78.4. The van der Waals surface area contributed by atoms with Crippen molar-refractivity contribution in [1.82, 2.24) is 106 Å². The number of benzene rings is 17. The van der Waals surface area contributed by atoms with E-state index in [1.807, 2.05) is 467 Å². The van der Waals surface area contributed by atoms with Crippen molar-refractivity contribution in [2.24, 2.45) is 0 Å². The Balaban J connectivity index is 0.000000100. The van der Waals surface area contributed by atoms with E-state index in [4.69, 9.17) is 77.0 Å². The molecular weight excluding hydrogens is 1850 g/mol. The summed E-state index contributed by atoms with van der Waals surface area (Å²) in [4.78, 5) is 110. The van der Waals surface area contributed by atoms with Crippen molar-refractivity contribution in [3.8, 4) is 114 Å². The Labute approximate surface area is 845 Å². The Morgan fingerprint density at radius 1 is 0.182 bits per heavy atom. The summed E-state index contributed by atoms with van der Waals surface area (Å²) >= 11 is 6.04. The maximum absolute atomic E-state index is 14.1. The van der Waals surface area contributed by atoms with Crippen LogP contribution in [0.1, 0.15) is 0 Å². The van der Waals surface area contributed by atoms with E-state index in [0.29, 0.717) is 85.6 Å². The third-order valence-corrected chi connectivity index (χ3v) is 26.5. The first kappa shape index (κ1) is 87.6. The molecule has 0 saturated heterocycles. The summed E-state index contributed by atoms with van der Waals surface area (Å²) in [5.41, 5.74) is 24.9. The number of aromatic nitrogens is 22. The predicted octanol–water partition coefficient (Wildman–Crippen LogP) is 25.0. The highest BCUT2D eigenvalue weighted by molar-refractivity contribution is 7.71. The standard InChI is InChI=1S/C35H22N6O.C30H19N5O.C29H18N6S.C28H17N5O/c42-35-34-36-27-18-7-8-19-28(27)41(34)30-21-10-9-20-29(30)40(35)26-17-11-16-25(22-26)33-38-31(23-12-3-1-4-13-23)37-32(39-33)24-14-5-2-6-15-24;36-30-29-32-22-15-7-8-16-24(22)34(29)25-17-9-10-18-26(25)35(30)27-19-23(20-11-3-1-4-12-20)31-28(33-27)21-13-5-2-6-14-21;36-28-27-30-21-15-7-8-16-22(21)34(27)23-17-9-10-18-24(23)35(28)29-32-25(19-11-3-1-4-12-19)31-26(33-29)20-13-5-2-6-14-20;34-27-26-29-21-14-6-7-15-22(21)32(26)23-16-8-9-17-24(23)33(27)28-30-20-13-5-4-12-19(20)25(31-28)18-10-2-1-3-11-18/h1-22H;1-19H;1-18H;1-17H. The number of hydrogen-bond donors (Lipinski definition) is 0. The van der Waals surface area contributed by atoms with Crippen molar-refractivity contribution in [3.63, 3.8) is 0 Å². The zero-order valence-corrected chi connectivity index (χ0v) is 79.2. The molecule has 0 aliphatic rings. The molecule has 0 unspecified atom stereocenters. The fourth-order valence-electron chi connectivity index (χ4n) is 19.4. The number of imidazole rings is 4. The molecule has 0 aliphatic heterocycles. The van der Waals surface area contributed by atoms with Gasteiger partial charge in [0.15, 0.2) is 45.2 Å². The molecule has 0 spiro atoms. The SMILES string of the molecule is O=c1c2nc3ccccc3n2c2ccccc2n1-c1cc(-c2ccccc2)nc(-c2ccccc2)n1.O=c1c2nc3ccccc3n2c2ccccc2n1-c1cccc(-c2nc(-c3ccccc3)nc(-c3ccccc3)n2)c1.O=c1c2nc3ccccc3n2c2ccccc2n1-c1nc(-c2ccccc2)c2ccccc2n1.S=c1c2nc3ccccc3n2c2ccccc2n1-c1nc(-c2ccccc2)nc(-c2ccccc2)n1. The molecule has 148 heavy (non-hydrogen) atoms. The van der Waals surface area contributed by atoms with E-state index in [2.05, 4.69) is 21.5 Å². The molecule has 29 rings (SSSR count). The minimum absolute atomic E-state index is 0.201. The largest absolute Gasteiger partial charge is 0.301 e. The Hall–Kier alpha value is -20.6. The van der Waals surface area contributed by atoms with Crippen molar-refractivity contribution in [2.45, 2.75) is 0 Å². The minimum Gasteiger partial charge on any atom is -0.288 e. The van der Waals surface area contributed by atoms with Gasteiger partial charge < -0.3 is 0 Å². The average Bonchev–Trinajstić information content (AvgIpc) is 1.55. The van der Waals surface area contributed by atoms with Crippen LogP contribution in [0.25, 0.3) is 236 Å². The number of fused-ring (bicyclic) bond motifs is 21. The highest BCUT2D eigenvalue weighted by Gasteiger charge is 2.27. The summed E-state index contributed by atoms with van der Waals surface area (Å²) in [6.07, 6.45) is 0. The highest BCUT2D eigenvalue weighted by atomic mass is 32.1. The van der Waals surface area contributed by atoms with Crippen LogP contribution in [0.15, 0.2) is 475 Å². The molecule has 0 radical (unpaired) electrons. The zero-order chi connectivity index (χ0) is 98.8. The molecule has 25 nitrogen and oxygen atoms in total. The number of para-hydroxylation sites is 17. The van der Waals surface area contributed by atoms with E-state index in [0.717, 1.165) is 155 Å². The number of nitrogens with zero attached hydrogens (tertiary/aromatic N) is 22. The number of rotatable bonds is 12. The highest BCUT2D eigenvalue weighted by Crippen LogP contribution is 2.37. The van der Waals surface area contributed by atoms with Crippen LogP contribution in [0.5, 0.6) is 0 Å². The van der Waals surface area contributed by atoms with Crippen molar-refractivity contribution in [2.75, 3.05) is 0 Å². The molecule has 26 heteroatoms. The summed E-state index contributed by atoms with van der Waals surface area (Å²) in [5.74, 6) is 4.68. The van der Waals surface area contributed by atoms with E-state index >= 15 is 0 Å². The van der Waals surface area contributed by atoms with Gasteiger partial charge in [0.25, 0.3) is 5.56 Å². The van der Waals surface area contributed by atoms with Gasteiger partial charge in [-0.3, -0.25) is 45.7 Å². The predicted molar refractivity (Wildman–Crippen MR) is 587 cm³/mol. The Morgan fingerprint density at radius 2 is 0.466 bits per heavy atom. The fourth-order valence-corrected chi connectivity index (χ4v) is 19.7. The maximum Gasteiger partial charge on any atom is 0.301 e. The third-order valence-electron chi connectivity index (χ3n) is 26.1. The maximum atomic E-state index is 14.1. The van der Waals surface area contributed by atoms with E-state index in [1.165, 1.54) is 0 Å². The van der Waals surface area contributed by atoms with Gasteiger partial charge in [-0.1, -0.05) is 352 Å². The minimum atomic E-state index is -0.260. The van der Waals surface area contributed by atoms with Gasteiger partial charge in [0.2, 0.25) is 28.8 Å². The molecule has 0 saturated carbocycles. The van der Waals surface area contributed by atoms with Gasteiger partial charge in [-0.25, -0.2) is 64.4 Å². The van der Waals surface area contributed by atoms with E-state index < -0.39 is 0 Å². The Morgan fingerprint density at radius 3 is 0.885 bits per heavy atom. The van der Waals surface area contributed by atoms with Gasteiger partial charge in [-0.2, -0.15) is 9.97 Å². The van der Waals surface area contributed by atoms with Gasteiger partial charge >= 0.3 is 11.1 Å². The van der Waals surface area contributed by atoms with Crippen molar-refractivity contribution >= 4 is 134 Å². The molecular formula is C122H76N22O3S. The lowest BCUT2D eigenvalue weighted by molar-refractivity contribution is 0.911. The lowest BCUT2D eigenvalue weighted by atomic mass is 10.1. The molecule has 0 fully saturated rings. The van der Waals surface area contributed by atoms with Gasteiger partial charge in [0.05, 0.1) is 111 Å². The molecule has 29 aromatic rings. The molecule has 0 N–H and O–H groups in total. The van der Waals surface area contributed by atoms with Crippen LogP contribution in [-0.4, -0.2) is 106 Å². The van der Waals surface area contributed by atoms with Gasteiger partial charge in [-0.05, 0) is 115 Å². The molecule has 698 valence electrons. The van der Waals surface area contributed by atoms with E-state index in [-0.39, 0.29) is 16.7 Å². The first-order valence-electron chi connectivity index (χ1n) is 47.9. The monoisotopic (exact) mass is 1930 g/mol. The van der Waals surface area contributed by atoms with Crippen molar-refractivity contribution < 1.29 is 0 Å². The van der Waals surface area contributed by atoms with E-state index in [9.17, 15) is 14.4 Å². The van der Waals surface area contributed by atoms with Crippen LogP contribution >= 0.6 is 12.2 Å². The first-order valence-corrected chi connectivity index (χ1v) is 48.3. The average molecular weight is 1930 g/mol. The smallest absolute Gasteiger partial charge is 0.288 e. The van der Waals surface area contributed by atoms with Gasteiger partial charge in [0.1, 0.15) is 5.82 Å². The molecule has 17 aromatic carbocycles. The van der Waals surface area contributed by atoms with Gasteiger partial charge in [0, 0.05) is 56.0 Å².